The smallest absolute Gasteiger partial charge is 0.101 e. The SMILES string of the molecule is CN(Cc1ccccc1N)c1ccccc1C#N. The van der Waals surface area contributed by atoms with E-state index in [-0.39, 0.29) is 0 Å². The number of para-hydroxylation sites is 2. The molecule has 2 aromatic carbocycles. The van der Waals surface area contributed by atoms with Crippen molar-refractivity contribution in [2.24, 2.45) is 0 Å². The lowest BCUT2D eigenvalue weighted by Gasteiger charge is -2.21. The fourth-order valence-electron chi connectivity index (χ4n) is 1.92. The molecule has 0 saturated carbocycles. The van der Waals surface area contributed by atoms with E-state index < -0.39 is 0 Å². The molecule has 3 heteroatoms. The Bertz CT molecular complexity index is 584. The van der Waals surface area contributed by atoms with Crippen LogP contribution in [0.3, 0.4) is 0 Å². The van der Waals surface area contributed by atoms with Crippen molar-refractivity contribution in [2.45, 2.75) is 6.54 Å². The van der Waals surface area contributed by atoms with Crippen molar-refractivity contribution in [2.75, 3.05) is 17.7 Å². The molecular formula is C15H15N3. The molecule has 2 N–H and O–H groups in total. The minimum Gasteiger partial charge on any atom is -0.398 e. The summed E-state index contributed by atoms with van der Waals surface area (Å²) in [7, 11) is 1.96. The molecule has 0 bridgehead atoms. The van der Waals surface area contributed by atoms with Gasteiger partial charge in [0.25, 0.3) is 0 Å². The van der Waals surface area contributed by atoms with Crippen LogP contribution in [0, 0.1) is 11.3 Å². The quantitative estimate of drug-likeness (QED) is 0.835. The molecule has 0 unspecified atom stereocenters. The van der Waals surface area contributed by atoms with Gasteiger partial charge in [0.15, 0.2) is 0 Å². The summed E-state index contributed by atoms with van der Waals surface area (Å²) in [6.07, 6.45) is 0. The summed E-state index contributed by atoms with van der Waals surface area (Å²) in [5.41, 5.74) is 9.36. The molecule has 0 heterocycles. The van der Waals surface area contributed by atoms with Gasteiger partial charge in [-0.05, 0) is 23.8 Å². The maximum Gasteiger partial charge on any atom is 0.101 e. The highest BCUT2D eigenvalue weighted by Crippen LogP contribution is 2.21. The van der Waals surface area contributed by atoms with Crippen LogP contribution in [0.2, 0.25) is 0 Å². The van der Waals surface area contributed by atoms with Gasteiger partial charge in [-0.15, -0.1) is 0 Å². The van der Waals surface area contributed by atoms with Crippen LogP contribution in [-0.4, -0.2) is 7.05 Å². The Hall–Kier alpha value is -2.47. The van der Waals surface area contributed by atoms with Crippen molar-refractivity contribution in [3.63, 3.8) is 0 Å². The molecule has 0 aliphatic heterocycles. The lowest BCUT2D eigenvalue weighted by molar-refractivity contribution is 0.923. The Labute approximate surface area is 107 Å². The number of nitrogens with two attached hydrogens (primary N) is 1. The molecule has 0 aliphatic rings. The third kappa shape index (κ3) is 2.44. The van der Waals surface area contributed by atoms with Crippen molar-refractivity contribution in [3.8, 4) is 6.07 Å². The zero-order chi connectivity index (χ0) is 13.0. The Morgan fingerprint density at radius 1 is 1.11 bits per heavy atom. The number of hydrogen-bond acceptors (Lipinski definition) is 3. The number of nitrogens with zero attached hydrogens (tertiary/aromatic N) is 2. The normalized spacial score (nSPS) is 9.78. The zero-order valence-electron chi connectivity index (χ0n) is 10.3. The first-order valence-electron chi connectivity index (χ1n) is 5.76. The third-order valence-electron chi connectivity index (χ3n) is 2.90. The van der Waals surface area contributed by atoms with Gasteiger partial charge in [0.05, 0.1) is 11.3 Å². The molecule has 0 atom stereocenters. The lowest BCUT2D eigenvalue weighted by atomic mass is 10.1. The van der Waals surface area contributed by atoms with Crippen molar-refractivity contribution >= 4 is 11.4 Å². The topological polar surface area (TPSA) is 53.0 Å². The van der Waals surface area contributed by atoms with Gasteiger partial charge in [-0.25, -0.2) is 0 Å². The van der Waals surface area contributed by atoms with Gasteiger partial charge < -0.3 is 10.6 Å². The molecule has 0 radical (unpaired) electrons. The van der Waals surface area contributed by atoms with E-state index in [9.17, 15) is 0 Å². The monoisotopic (exact) mass is 237 g/mol. The first kappa shape index (κ1) is 12.0. The van der Waals surface area contributed by atoms with E-state index in [2.05, 4.69) is 6.07 Å². The first-order chi connectivity index (χ1) is 8.72. The summed E-state index contributed by atoms with van der Waals surface area (Å²) in [6.45, 7) is 0.686. The van der Waals surface area contributed by atoms with Crippen molar-refractivity contribution < 1.29 is 0 Å². The van der Waals surface area contributed by atoms with Crippen LogP contribution in [0.1, 0.15) is 11.1 Å². The Morgan fingerprint density at radius 3 is 2.50 bits per heavy atom. The highest BCUT2D eigenvalue weighted by atomic mass is 15.1. The van der Waals surface area contributed by atoms with Crippen LogP contribution < -0.4 is 10.6 Å². The van der Waals surface area contributed by atoms with Crippen molar-refractivity contribution in [1.82, 2.24) is 0 Å². The number of hydrogen-bond donors (Lipinski definition) is 1. The molecule has 0 amide bonds. The fourth-order valence-corrected chi connectivity index (χ4v) is 1.92. The predicted molar refractivity (Wildman–Crippen MR) is 74.1 cm³/mol. The predicted octanol–water partition coefficient (Wildman–Crippen LogP) is 2.78. The van der Waals surface area contributed by atoms with Gasteiger partial charge in [-0.2, -0.15) is 5.26 Å². The molecular weight excluding hydrogens is 222 g/mol. The van der Waals surface area contributed by atoms with Gasteiger partial charge in [-0.3, -0.25) is 0 Å². The van der Waals surface area contributed by atoms with Crippen LogP contribution in [0.5, 0.6) is 0 Å². The molecule has 90 valence electrons. The summed E-state index contributed by atoms with van der Waals surface area (Å²) in [5, 5.41) is 9.09. The highest BCUT2D eigenvalue weighted by Gasteiger charge is 2.08. The first-order valence-corrected chi connectivity index (χ1v) is 5.76. The van der Waals surface area contributed by atoms with Gasteiger partial charge in [0.2, 0.25) is 0 Å². The van der Waals surface area contributed by atoms with Crippen LogP contribution in [0.15, 0.2) is 48.5 Å². The molecule has 0 fully saturated rings. The minimum absolute atomic E-state index is 0.675. The van der Waals surface area contributed by atoms with E-state index in [1.165, 1.54) is 0 Å². The van der Waals surface area contributed by atoms with Crippen LogP contribution in [0.4, 0.5) is 11.4 Å². The highest BCUT2D eigenvalue weighted by molar-refractivity contribution is 5.60. The van der Waals surface area contributed by atoms with Crippen molar-refractivity contribution in [1.29, 1.82) is 5.26 Å². The summed E-state index contributed by atoms with van der Waals surface area (Å²) in [5.74, 6) is 0. The van der Waals surface area contributed by atoms with E-state index in [0.717, 1.165) is 16.9 Å². The number of anilines is 2. The van der Waals surface area contributed by atoms with Crippen LogP contribution in [-0.2, 0) is 6.54 Å². The molecule has 0 spiro atoms. The summed E-state index contributed by atoms with van der Waals surface area (Å²) in [4.78, 5) is 2.03. The van der Waals surface area contributed by atoms with E-state index in [1.54, 1.807) is 0 Å². The van der Waals surface area contributed by atoms with Crippen molar-refractivity contribution in [3.05, 3.63) is 59.7 Å². The molecule has 2 aromatic rings. The van der Waals surface area contributed by atoms with E-state index in [1.807, 2.05) is 60.5 Å². The molecule has 18 heavy (non-hydrogen) atoms. The molecule has 3 nitrogen and oxygen atoms in total. The third-order valence-corrected chi connectivity index (χ3v) is 2.90. The van der Waals surface area contributed by atoms with Crippen LogP contribution in [0.25, 0.3) is 0 Å². The molecule has 0 aromatic heterocycles. The summed E-state index contributed by atoms with van der Waals surface area (Å²) < 4.78 is 0. The number of nitriles is 1. The second kappa shape index (κ2) is 5.24. The van der Waals surface area contributed by atoms with E-state index >= 15 is 0 Å². The average molecular weight is 237 g/mol. The minimum atomic E-state index is 0.675. The van der Waals surface area contributed by atoms with Gasteiger partial charge >= 0.3 is 0 Å². The Kier molecular flexibility index (Phi) is 3.49. The summed E-state index contributed by atoms with van der Waals surface area (Å²) in [6, 6.07) is 17.5. The Morgan fingerprint density at radius 2 is 1.78 bits per heavy atom. The molecule has 0 saturated heterocycles. The van der Waals surface area contributed by atoms with Gasteiger partial charge in [0, 0.05) is 19.3 Å². The lowest BCUT2D eigenvalue weighted by Crippen LogP contribution is -2.18. The number of benzene rings is 2. The number of rotatable bonds is 3. The van der Waals surface area contributed by atoms with Crippen LogP contribution >= 0.6 is 0 Å². The van der Waals surface area contributed by atoms with Gasteiger partial charge in [0.1, 0.15) is 6.07 Å². The Balaban J connectivity index is 2.26. The maximum atomic E-state index is 9.09. The second-order valence-corrected chi connectivity index (χ2v) is 4.18. The van der Waals surface area contributed by atoms with E-state index in [0.29, 0.717) is 12.1 Å². The largest absolute Gasteiger partial charge is 0.398 e. The second-order valence-electron chi connectivity index (χ2n) is 4.18. The van der Waals surface area contributed by atoms with Gasteiger partial charge in [-0.1, -0.05) is 30.3 Å². The fraction of sp³-hybridized carbons (Fsp3) is 0.133. The standard InChI is InChI=1S/C15H15N3/c1-18(11-13-7-2-4-8-14(13)17)15-9-5-3-6-12(15)10-16/h2-9H,11,17H2,1H3. The van der Waals surface area contributed by atoms with E-state index in [4.69, 9.17) is 11.0 Å². The summed E-state index contributed by atoms with van der Waals surface area (Å²) >= 11 is 0. The maximum absolute atomic E-state index is 9.09. The zero-order valence-corrected chi connectivity index (χ0v) is 10.3. The average Bonchev–Trinajstić information content (AvgIpc) is 2.41. The molecule has 2 rings (SSSR count). The molecule has 0 aliphatic carbocycles. The number of nitrogen functional groups attached to an aromatic ring is 1.